The topological polar surface area (TPSA) is 74.3 Å². The number of carbonyl (C=O) groups excluding carboxylic acids is 2. The lowest BCUT2D eigenvalue weighted by Gasteiger charge is -2.13. The van der Waals surface area contributed by atoms with Crippen molar-refractivity contribution < 1.29 is 9.59 Å². The van der Waals surface area contributed by atoms with Gasteiger partial charge < -0.3 is 10.2 Å². The van der Waals surface area contributed by atoms with Gasteiger partial charge in [0.05, 0.1) is 10.0 Å². The highest BCUT2D eigenvalue weighted by molar-refractivity contribution is 7.14. The Morgan fingerprint density at radius 3 is 2.67 bits per heavy atom. The highest BCUT2D eigenvalue weighted by Gasteiger charge is 2.15. The van der Waals surface area contributed by atoms with Gasteiger partial charge in [0.15, 0.2) is 5.13 Å². The third-order valence-electron chi connectivity index (χ3n) is 4.27. The van der Waals surface area contributed by atoms with Crippen LogP contribution < -0.4 is 10.6 Å². The molecular formula is C18H20Cl2N4O2S. The van der Waals surface area contributed by atoms with Gasteiger partial charge in [0.2, 0.25) is 0 Å². The number of carbonyl (C=O) groups is 2. The number of likely N-dealkylation sites (tertiary alicyclic amines) is 1. The SMILES string of the molecule is O=C(Nc1nc(C(=O)NCCCN2CCCC2)cs1)c1ccc(Cl)c(Cl)c1. The third kappa shape index (κ3) is 5.65. The van der Waals surface area contributed by atoms with Crippen LogP contribution in [0.2, 0.25) is 10.0 Å². The third-order valence-corrected chi connectivity index (χ3v) is 5.77. The number of amides is 2. The molecule has 1 aliphatic rings. The quantitative estimate of drug-likeness (QED) is 0.657. The van der Waals surface area contributed by atoms with Crippen LogP contribution in [0.4, 0.5) is 5.13 Å². The van der Waals surface area contributed by atoms with E-state index in [-0.39, 0.29) is 11.8 Å². The molecule has 0 unspecified atom stereocenters. The van der Waals surface area contributed by atoms with E-state index in [0.717, 1.165) is 26.1 Å². The van der Waals surface area contributed by atoms with Crippen LogP contribution in [0.1, 0.15) is 40.1 Å². The Kier molecular flexibility index (Phi) is 7.07. The van der Waals surface area contributed by atoms with Crippen molar-refractivity contribution >= 4 is 51.5 Å². The number of halogens is 2. The fraction of sp³-hybridized carbons (Fsp3) is 0.389. The summed E-state index contributed by atoms with van der Waals surface area (Å²) >= 11 is 13.0. The lowest BCUT2D eigenvalue weighted by molar-refractivity contribution is 0.0946. The Morgan fingerprint density at radius 2 is 1.93 bits per heavy atom. The van der Waals surface area contributed by atoms with E-state index >= 15 is 0 Å². The van der Waals surface area contributed by atoms with E-state index in [1.807, 2.05) is 0 Å². The van der Waals surface area contributed by atoms with Crippen LogP contribution in [0, 0.1) is 0 Å². The number of rotatable bonds is 7. The minimum absolute atomic E-state index is 0.234. The Bertz CT molecular complexity index is 821. The van der Waals surface area contributed by atoms with Crippen LogP contribution in [-0.2, 0) is 0 Å². The van der Waals surface area contributed by atoms with E-state index in [4.69, 9.17) is 23.2 Å². The smallest absolute Gasteiger partial charge is 0.270 e. The van der Waals surface area contributed by atoms with Gasteiger partial charge in [0.1, 0.15) is 5.69 Å². The first-order valence-corrected chi connectivity index (χ1v) is 10.4. The van der Waals surface area contributed by atoms with E-state index in [1.165, 1.54) is 30.2 Å². The summed E-state index contributed by atoms with van der Waals surface area (Å²) < 4.78 is 0. The largest absolute Gasteiger partial charge is 0.351 e. The summed E-state index contributed by atoms with van der Waals surface area (Å²) in [6.45, 7) is 3.92. The van der Waals surface area contributed by atoms with Crippen LogP contribution in [0.5, 0.6) is 0 Å². The van der Waals surface area contributed by atoms with Crippen molar-refractivity contribution in [1.82, 2.24) is 15.2 Å². The van der Waals surface area contributed by atoms with E-state index < -0.39 is 0 Å². The van der Waals surface area contributed by atoms with Gasteiger partial charge in [-0.3, -0.25) is 14.9 Å². The van der Waals surface area contributed by atoms with Gasteiger partial charge in [-0.2, -0.15) is 0 Å². The average Bonchev–Trinajstić information content (AvgIpc) is 3.33. The molecule has 1 aliphatic heterocycles. The standard InChI is InChI=1S/C18H20Cl2N4O2S/c19-13-5-4-12(10-14(13)20)16(25)23-18-22-15(11-27-18)17(26)21-6-3-9-24-7-1-2-8-24/h4-5,10-11H,1-3,6-9H2,(H,21,26)(H,22,23,25). The summed E-state index contributed by atoms with van der Waals surface area (Å²) in [5.74, 6) is -0.594. The summed E-state index contributed by atoms with van der Waals surface area (Å²) in [5.41, 5.74) is 0.665. The number of benzene rings is 1. The Balaban J connectivity index is 1.47. The monoisotopic (exact) mass is 426 g/mol. The van der Waals surface area contributed by atoms with E-state index in [2.05, 4.69) is 20.5 Å². The number of nitrogens with zero attached hydrogens (tertiary/aromatic N) is 2. The second-order valence-electron chi connectivity index (χ2n) is 6.28. The molecule has 1 saturated heterocycles. The highest BCUT2D eigenvalue weighted by atomic mass is 35.5. The summed E-state index contributed by atoms with van der Waals surface area (Å²) in [7, 11) is 0. The van der Waals surface area contributed by atoms with Gasteiger partial charge in [0.25, 0.3) is 11.8 Å². The lowest BCUT2D eigenvalue weighted by atomic mass is 10.2. The number of aromatic nitrogens is 1. The minimum Gasteiger partial charge on any atom is -0.351 e. The second-order valence-corrected chi connectivity index (χ2v) is 7.95. The molecule has 2 aromatic rings. The molecule has 144 valence electrons. The number of hydrogen-bond acceptors (Lipinski definition) is 5. The van der Waals surface area contributed by atoms with Gasteiger partial charge in [-0.15, -0.1) is 11.3 Å². The molecule has 0 aliphatic carbocycles. The highest BCUT2D eigenvalue weighted by Crippen LogP contribution is 2.23. The van der Waals surface area contributed by atoms with Crippen LogP contribution in [0.25, 0.3) is 0 Å². The Labute approximate surface area is 171 Å². The predicted molar refractivity (Wildman–Crippen MR) is 109 cm³/mol. The van der Waals surface area contributed by atoms with Crippen molar-refractivity contribution in [1.29, 1.82) is 0 Å². The second kappa shape index (κ2) is 9.50. The maximum absolute atomic E-state index is 12.2. The molecule has 27 heavy (non-hydrogen) atoms. The number of hydrogen-bond donors (Lipinski definition) is 2. The van der Waals surface area contributed by atoms with Crippen molar-refractivity contribution in [3.8, 4) is 0 Å². The molecule has 1 aromatic carbocycles. The lowest BCUT2D eigenvalue weighted by Crippen LogP contribution is -2.28. The van der Waals surface area contributed by atoms with E-state index in [0.29, 0.717) is 33.0 Å². The van der Waals surface area contributed by atoms with Gasteiger partial charge in [-0.05, 0) is 57.1 Å². The molecule has 0 radical (unpaired) electrons. The summed E-state index contributed by atoms with van der Waals surface area (Å²) in [6, 6.07) is 4.62. The van der Waals surface area contributed by atoms with Gasteiger partial charge in [0, 0.05) is 17.5 Å². The van der Waals surface area contributed by atoms with E-state index in [1.54, 1.807) is 17.5 Å². The normalized spacial score (nSPS) is 14.3. The zero-order valence-electron chi connectivity index (χ0n) is 14.6. The molecular weight excluding hydrogens is 407 g/mol. The first-order valence-electron chi connectivity index (χ1n) is 8.75. The van der Waals surface area contributed by atoms with Gasteiger partial charge in [-0.1, -0.05) is 23.2 Å². The van der Waals surface area contributed by atoms with Crippen LogP contribution in [0.15, 0.2) is 23.6 Å². The van der Waals surface area contributed by atoms with Crippen molar-refractivity contribution in [2.45, 2.75) is 19.3 Å². The van der Waals surface area contributed by atoms with Crippen LogP contribution in [0.3, 0.4) is 0 Å². The van der Waals surface area contributed by atoms with Crippen molar-refractivity contribution in [3.63, 3.8) is 0 Å². The molecule has 0 saturated carbocycles. The first kappa shape index (κ1) is 20.1. The van der Waals surface area contributed by atoms with Crippen molar-refractivity contribution in [2.24, 2.45) is 0 Å². The summed E-state index contributed by atoms with van der Waals surface area (Å²) in [4.78, 5) is 31.0. The molecule has 1 fully saturated rings. The van der Waals surface area contributed by atoms with Gasteiger partial charge in [-0.25, -0.2) is 4.98 Å². The molecule has 2 amide bonds. The fourth-order valence-electron chi connectivity index (χ4n) is 2.84. The molecule has 2 N–H and O–H groups in total. The fourth-order valence-corrected chi connectivity index (χ4v) is 3.83. The Morgan fingerprint density at radius 1 is 1.15 bits per heavy atom. The van der Waals surface area contributed by atoms with Gasteiger partial charge >= 0.3 is 0 Å². The zero-order chi connectivity index (χ0) is 19.2. The molecule has 0 atom stereocenters. The van der Waals surface area contributed by atoms with Crippen molar-refractivity contribution in [2.75, 3.05) is 31.5 Å². The summed E-state index contributed by atoms with van der Waals surface area (Å²) in [6.07, 6.45) is 3.45. The molecule has 0 spiro atoms. The predicted octanol–water partition coefficient (Wildman–Crippen LogP) is 3.92. The molecule has 1 aromatic heterocycles. The number of anilines is 1. The Hall–Kier alpha value is -1.67. The van der Waals surface area contributed by atoms with Crippen molar-refractivity contribution in [3.05, 3.63) is 44.9 Å². The average molecular weight is 427 g/mol. The molecule has 2 heterocycles. The van der Waals surface area contributed by atoms with E-state index in [9.17, 15) is 9.59 Å². The maximum atomic E-state index is 12.2. The van der Waals surface area contributed by atoms with Crippen LogP contribution >= 0.6 is 34.5 Å². The number of nitrogens with one attached hydrogen (secondary N) is 2. The summed E-state index contributed by atoms with van der Waals surface area (Å²) in [5, 5.41) is 8.20. The maximum Gasteiger partial charge on any atom is 0.270 e. The minimum atomic E-state index is -0.361. The van der Waals surface area contributed by atoms with Crippen LogP contribution in [-0.4, -0.2) is 47.9 Å². The zero-order valence-corrected chi connectivity index (χ0v) is 17.0. The molecule has 3 rings (SSSR count). The molecule has 9 heteroatoms. The molecule has 0 bridgehead atoms. The number of thiazole rings is 1. The first-order chi connectivity index (χ1) is 13.0. The molecule has 6 nitrogen and oxygen atoms in total.